The number of morpholine rings is 1. The normalized spacial score (nSPS) is 17.5. The van der Waals surface area contributed by atoms with Gasteiger partial charge in [-0.1, -0.05) is 11.6 Å². The third-order valence-electron chi connectivity index (χ3n) is 3.03. The van der Waals surface area contributed by atoms with Crippen molar-refractivity contribution in [3.05, 3.63) is 23.5 Å². The summed E-state index contributed by atoms with van der Waals surface area (Å²) >= 11 is 5.68. The standard InChI is InChI=1S/C12H16ClN3O4S/c1-9(12(17)16-4-6-20-7-5-16)15-21(18,19)10-2-3-14-11(13)8-10/h2-3,8-9,15H,4-7H2,1H3. The summed E-state index contributed by atoms with van der Waals surface area (Å²) in [5.74, 6) is -0.276. The number of sulfonamides is 1. The quantitative estimate of drug-likeness (QED) is 0.798. The number of amides is 1. The molecule has 0 aliphatic carbocycles. The third-order valence-corrected chi connectivity index (χ3v) is 4.78. The van der Waals surface area contributed by atoms with Crippen LogP contribution in [0.25, 0.3) is 0 Å². The van der Waals surface area contributed by atoms with E-state index in [0.717, 1.165) is 0 Å². The Morgan fingerprint density at radius 2 is 2.14 bits per heavy atom. The van der Waals surface area contributed by atoms with E-state index in [1.54, 1.807) is 4.90 Å². The number of aromatic nitrogens is 1. The van der Waals surface area contributed by atoms with Gasteiger partial charge in [0.15, 0.2) is 0 Å². The fourth-order valence-electron chi connectivity index (χ4n) is 1.96. The van der Waals surface area contributed by atoms with Gasteiger partial charge < -0.3 is 9.64 Å². The largest absolute Gasteiger partial charge is 0.378 e. The van der Waals surface area contributed by atoms with Crippen molar-refractivity contribution < 1.29 is 17.9 Å². The Labute approximate surface area is 128 Å². The number of nitrogens with one attached hydrogen (secondary N) is 1. The fourth-order valence-corrected chi connectivity index (χ4v) is 3.41. The lowest BCUT2D eigenvalue weighted by Crippen LogP contribution is -2.50. The fraction of sp³-hybridized carbons (Fsp3) is 0.500. The van der Waals surface area contributed by atoms with Crippen LogP contribution in [0.15, 0.2) is 23.2 Å². The molecule has 2 heterocycles. The van der Waals surface area contributed by atoms with Crippen LogP contribution in [0.4, 0.5) is 0 Å². The summed E-state index contributed by atoms with van der Waals surface area (Å²) in [5.41, 5.74) is 0. The van der Waals surface area contributed by atoms with Crippen molar-refractivity contribution in [1.29, 1.82) is 0 Å². The molecule has 2 rings (SSSR count). The van der Waals surface area contributed by atoms with Crippen LogP contribution in [-0.4, -0.2) is 56.6 Å². The van der Waals surface area contributed by atoms with Crippen LogP contribution in [0.5, 0.6) is 0 Å². The van der Waals surface area contributed by atoms with Crippen LogP contribution < -0.4 is 4.72 Å². The number of carbonyl (C=O) groups excluding carboxylic acids is 1. The maximum absolute atomic E-state index is 12.2. The maximum atomic E-state index is 12.2. The predicted octanol–water partition coefficient (Wildman–Crippen LogP) is 0.261. The average molecular weight is 334 g/mol. The predicted molar refractivity (Wildman–Crippen MR) is 76.4 cm³/mol. The van der Waals surface area contributed by atoms with E-state index < -0.39 is 16.1 Å². The first-order chi connectivity index (χ1) is 9.90. The second kappa shape index (κ2) is 6.69. The van der Waals surface area contributed by atoms with E-state index in [9.17, 15) is 13.2 Å². The molecule has 1 aliphatic heterocycles. The van der Waals surface area contributed by atoms with Gasteiger partial charge in [-0.05, 0) is 19.1 Å². The number of rotatable bonds is 4. The van der Waals surface area contributed by atoms with Gasteiger partial charge in [-0.15, -0.1) is 0 Å². The van der Waals surface area contributed by atoms with Crippen molar-refractivity contribution in [2.24, 2.45) is 0 Å². The Morgan fingerprint density at radius 3 is 2.76 bits per heavy atom. The molecule has 116 valence electrons. The Morgan fingerprint density at radius 1 is 1.48 bits per heavy atom. The van der Waals surface area contributed by atoms with Crippen LogP contribution in [0.3, 0.4) is 0 Å². The third kappa shape index (κ3) is 4.13. The molecular weight excluding hydrogens is 318 g/mol. The second-order valence-corrected chi connectivity index (χ2v) is 6.70. The molecule has 0 saturated carbocycles. The minimum Gasteiger partial charge on any atom is -0.378 e. The van der Waals surface area contributed by atoms with Crippen molar-refractivity contribution in [3.8, 4) is 0 Å². The monoisotopic (exact) mass is 333 g/mol. The van der Waals surface area contributed by atoms with Crippen LogP contribution in [0, 0.1) is 0 Å². The number of hydrogen-bond donors (Lipinski definition) is 1. The van der Waals surface area contributed by atoms with Gasteiger partial charge >= 0.3 is 0 Å². The molecule has 9 heteroatoms. The van der Waals surface area contributed by atoms with Gasteiger partial charge in [0.2, 0.25) is 15.9 Å². The molecule has 1 fully saturated rings. The Bertz CT molecular complexity index is 617. The minimum atomic E-state index is -3.82. The zero-order chi connectivity index (χ0) is 15.5. The molecule has 0 aromatic carbocycles. The smallest absolute Gasteiger partial charge is 0.241 e. The molecule has 1 saturated heterocycles. The zero-order valence-corrected chi connectivity index (χ0v) is 13.0. The molecule has 7 nitrogen and oxygen atoms in total. The second-order valence-electron chi connectivity index (χ2n) is 4.59. The highest BCUT2D eigenvalue weighted by Crippen LogP contribution is 2.13. The molecule has 21 heavy (non-hydrogen) atoms. The lowest BCUT2D eigenvalue weighted by atomic mass is 10.3. The first-order valence-electron chi connectivity index (χ1n) is 6.40. The molecule has 1 N–H and O–H groups in total. The summed E-state index contributed by atoms with van der Waals surface area (Å²) in [6.07, 6.45) is 1.30. The molecule has 1 atom stereocenters. The Hall–Kier alpha value is -1.22. The summed E-state index contributed by atoms with van der Waals surface area (Å²) in [6.45, 7) is 3.37. The maximum Gasteiger partial charge on any atom is 0.241 e. The first kappa shape index (κ1) is 16.2. The summed E-state index contributed by atoms with van der Waals surface area (Å²) in [6, 6.07) is 1.69. The topological polar surface area (TPSA) is 88.6 Å². The van der Waals surface area contributed by atoms with Gasteiger partial charge in [0.25, 0.3) is 0 Å². The van der Waals surface area contributed by atoms with E-state index in [-0.39, 0.29) is 16.0 Å². The SMILES string of the molecule is CC(NS(=O)(=O)c1ccnc(Cl)c1)C(=O)N1CCOCC1. The molecular formula is C12H16ClN3O4S. The van der Waals surface area contributed by atoms with Gasteiger partial charge in [-0.2, -0.15) is 4.72 Å². The van der Waals surface area contributed by atoms with Crippen LogP contribution in [-0.2, 0) is 19.6 Å². The summed E-state index contributed by atoms with van der Waals surface area (Å²) in [7, 11) is -3.82. The van der Waals surface area contributed by atoms with Gasteiger partial charge in [0.1, 0.15) is 5.15 Å². The summed E-state index contributed by atoms with van der Waals surface area (Å²) in [5, 5.41) is 0.0741. The number of halogens is 1. The van der Waals surface area contributed by atoms with Crippen molar-refractivity contribution in [2.75, 3.05) is 26.3 Å². The molecule has 1 aliphatic rings. The minimum absolute atomic E-state index is 0.0240. The Kier molecular flexibility index (Phi) is 5.15. The number of nitrogens with zero attached hydrogens (tertiary/aromatic N) is 2. The molecule has 1 aromatic heterocycles. The van der Waals surface area contributed by atoms with Gasteiger partial charge in [0, 0.05) is 19.3 Å². The highest BCUT2D eigenvalue weighted by atomic mass is 35.5. The van der Waals surface area contributed by atoms with Crippen LogP contribution in [0.2, 0.25) is 5.15 Å². The van der Waals surface area contributed by atoms with Gasteiger partial charge in [-0.3, -0.25) is 4.79 Å². The Balaban J connectivity index is 2.07. The number of carbonyl (C=O) groups is 1. The molecule has 1 aromatic rings. The van der Waals surface area contributed by atoms with E-state index in [4.69, 9.17) is 16.3 Å². The first-order valence-corrected chi connectivity index (χ1v) is 8.27. The molecule has 0 spiro atoms. The van der Waals surface area contributed by atoms with Crippen molar-refractivity contribution >= 4 is 27.5 Å². The van der Waals surface area contributed by atoms with Crippen molar-refractivity contribution in [3.63, 3.8) is 0 Å². The van der Waals surface area contributed by atoms with Gasteiger partial charge in [0.05, 0.1) is 24.2 Å². The molecule has 0 bridgehead atoms. The van der Waals surface area contributed by atoms with Crippen LogP contribution in [0.1, 0.15) is 6.92 Å². The highest BCUT2D eigenvalue weighted by molar-refractivity contribution is 7.89. The number of pyridine rings is 1. The van der Waals surface area contributed by atoms with Crippen molar-refractivity contribution in [1.82, 2.24) is 14.6 Å². The molecule has 1 unspecified atom stereocenters. The van der Waals surface area contributed by atoms with E-state index in [2.05, 4.69) is 9.71 Å². The van der Waals surface area contributed by atoms with Crippen LogP contribution >= 0.6 is 11.6 Å². The lowest BCUT2D eigenvalue weighted by Gasteiger charge is -2.29. The average Bonchev–Trinajstić information content (AvgIpc) is 2.47. The number of hydrogen-bond acceptors (Lipinski definition) is 5. The lowest BCUT2D eigenvalue weighted by molar-refractivity contribution is -0.136. The van der Waals surface area contributed by atoms with E-state index in [0.29, 0.717) is 26.3 Å². The molecule has 0 radical (unpaired) electrons. The van der Waals surface area contributed by atoms with Gasteiger partial charge in [-0.25, -0.2) is 13.4 Å². The number of ether oxygens (including phenoxy) is 1. The van der Waals surface area contributed by atoms with Crippen molar-refractivity contribution in [2.45, 2.75) is 17.9 Å². The van der Waals surface area contributed by atoms with E-state index >= 15 is 0 Å². The van der Waals surface area contributed by atoms with E-state index in [1.807, 2.05) is 0 Å². The summed E-state index contributed by atoms with van der Waals surface area (Å²) < 4.78 is 31.9. The molecule has 1 amide bonds. The van der Waals surface area contributed by atoms with E-state index in [1.165, 1.54) is 25.3 Å². The zero-order valence-electron chi connectivity index (χ0n) is 11.5. The highest BCUT2D eigenvalue weighted by Gasteiger charge is 2.27. The summed E-state index contributed by atoms with van der Waals surface area (Å²) in [4.78, 5) is 17.5.